The van der Waals surface area contributed by atoms with Gasteiger partial charge in [-0.1, -0.05) is 13.2 Å². The van der Waals surface area contributed by atoms with Crippen molar-refractivity contribution in [2.24, 2.45) is 0 Å². The van der Waals surface area contributed by atoms with Gasteiger partial charge < -0.3 is 0 Å². The van der Waals surface area contributed by atoms with Crippen molar-refractivity contribution in [3.05, 3.63) is 0 Å². The van der Waals surface area contributed by atoms with Crippen molar-refractivity contribution in [3.63, 3.8) is 0 Å². The summed E-state index contributed by atoms with van der Waals surface area (Å²) in [7, 11) is 6.24. The topological polar surface area (TPSA) is 0 Å². The summed E-state index contributed by atoms with van der Waals surface area (Å²) in [6, 6.07) is 0. The average molecular weight is 83.9 g/mol. The molecule has 0 N–H and O–H groups in total. The molecule has 5 heavy (non-hydrogen) atoms. The molecule has 0 saturated carbocycles. The van der Waals surface area contributed by atoms with Crippen molar-refractivity contribution in [1.29, 1.82) is 0 Å². The van der Waals surface area contributed by atoms with Crippen molar-refractivity contribution >= 4 is 22.3 Å². The molecule has 0 rings (SSSR count). The van der Waals surface area contributed by atoms with Gasteiger partial charge in [0.1, 0.15) is 0 Å². The SMILES string of the molecule is [B][C@H](C)P=C. The fourth-order valence-corrected chi connectivity index (χ4v) is 0. The Bertz CT molecular complexity index is 33.9. The van der Waals surface area contributed by atoms with Crippen LogP contribution in [0.3, 0.4) is 0 Å². The van der Waals surface area contributed by atoms with Gasteiger partial charge in [0.05, 0.1) is 7.85 Å². The van der Waals surface area contributed by atoms with E-state index in [1.54, 1.807) is 0 Å². The molecule has 2 radical (unpaired) electrons. The Morgan fingerprint density at radius 3 is 2.20 bits per heavy atom. The fourth-order valence-electron chi connectivity index (χ4n) is 0. The zero-order valence-corrected chi connectivity index (χ0v) is 4.20. The molecule has 0 amide bonds. The Hall–Kier alpha value is 0.235. The molecule has 0 saturated heterocycles. The Morgan fingerprint density at radius 2 is 2.20 bits per heavy atom. The van der Waals surface area contributed by atoms with E-state index in [0.717, 1.165) is 8.20 Å². The first kappa shape index (κ1) is 5.23. The summed E-state index contributed by atoms with van der Waals surface area (Å²) in [6.07, 6.45) is 3.53. The van der Waals surface area contributed by atoms with Gasteiger partial charge in [-0.15, -0.1) is 8.20 Å². The first-order valence-electron chi connectivity index (χ1n) is 1.49. The highest BCUT2D eigenvalue weighted by atomic mass is 31.1. The van der Waals surface area contributed by atoms with Gasteiger partial charge in [0.15, 0.2) is 0 Å². The summed E-state index contributed by atoms with van der Waals surface area (Å²) in [5.41, 5.74) is 0.245. The van der Waals surface area contributed by atoms with Crippen LogP contribution in [0.5, 0.6) is 0 Å². The van der Waals surface area contributed by atoms with E-state index < -0.39 is 0 Å². The Labute approximate surface area is 35.8 Å². The second kappa shape index (κ2) is 2.47. The highest BCUT2D eigenvalue weighted by molar-refractivity contribution is 7.39. The van der Waals surface area contributed by atoms with E-state index in [-0.39, 0.29) is 5.56 Å². The van der Waals surface area contributed by atoms with E-state index in [2.05, 4.69) is 6.30 Å². The molecular weight excluding hydrogens is 77.8 g/mol. The minimum absolute atomic E-state index is 0.245. The average Bonchev–Trinajstić information content (AvgIpc) is 1.38. The lowest BCUT2D eigenvalue weighted by Crippen LogP contribution is -1.83. The van der Waals surface area contributed by atoms with Gasteiger partial charge in [-0.25, -0.2) is 0 Å². The summed E-state index contributed by atoms with van der Waals surface area (Å²) in [5, 5.41) is 0. The van der Waals surface area contributed by atoms with E-state index in [0.29, 0.717) is 0 Å². The molecule has 0 aromatic rings. The monoisotopic (exact) mass is 84.0 g/mol. The van der Waals surface area contributed by atoms with Crippen molar-refractivity contribution in [2.45, 2.75) is 12.5 Å². The zero-order valence-electron chi connectivity index (χ0n) is 3.31. The summed E-state index contributed by atoms with van der Waals surface area (Å²) in [4.78, 5) is 0. The van der Waals surface area contributed by atoms with Crippen molar-refractivity contribution < 1.29 is 0 Å². The van der Waals surface area contributed by atoms with Crippen LogP contribution < -0.4 is 0 Å². The molecule has 2 heteroatoms. The van der Waals surface area contributed by atoms with Gasteiger partial charge >= 0.3 is 0 Å². The third-order valence-corrected chi connectivity index (χ3v) is 0.864. The highest BCUT2D eigenvalue weighted by Gasteiger charge is 1.75. The molecule has 0 heterocycles. The summed E-state index contributed by atoms with van der Waals surface area (Å²) in [6.45, 7) is 1.93. The maximum absolute atomic E-state index is 5.22. The maximum Gasteiger partial charge on any atom is 0.0816 e. The molecule has 0 bridgehead atoms. The quantitative estimate of drug-likeness (QED) is 0.326. The molecule has 0 aliphatic heterocycles. The van der Waals surface area contributed by atoms with Crippen molar-refractivity contribution in [2.75, 3.05) is 0 Å². The normalized spacial score (nSPS) is 15.4. The molecule has 1 atom stereocenters. The molecule has 0 spiro atoms. The van der Waals surface area contributed by atoms with Crippen LogP contribution in [0.2, 0.25) is 0 Å². The van der Waals surface area contributed by atoms with Crippen molar-refractivity contribution in [1.82, 2.24) is 0 Å². The van der Waals surface area contributed by atoms with Crippen LogP contribution >= 0.6 is 8.20 Å². The smallest absolute Gasteiger partial charge is 0.0816 e. The van der Waals surface area contributed by atoms with Gasteiger partial charge in [0.2, 0.25) is 0 Å². The first-order chi connectivity index (χ1) is 2.27. The second-order valence-electron chi connectivity index (χ2n) is 0.923. The van der Waals surface area contributed by atoms with Gasteiger partial charge in [0.25, 0.3) is 0 Å². The van der Waals surface area contributed by atoms with E-state index in [9.17, 15) is 0 Å². The summed E-state index contributed by atoms with van der Waals surface area (Å²) in [5.74, 6) is 0. The Morgan fingerprint density at radius 1 is 2.00 bits per heavy atom. The van der Waals surface area contributed by atoms with Crippen LogP contribution in [0.25, 0.3) is 0 Å². The molecule has 0 aromatic heterocycles. The largest absolute Gasteiger partial charge is 0.119 e. The lowest BCUT2D eigenvalue weighted by molar-refractivity contribution is 1.41. The third-order valence-electron chi connectivity index (χ3n) is 0.288. The minimum Gasteiger partial charge on any atom is -0.119 e. The van der Waals surface area contributed by atoms with E-state index >= 15 is 0 Å². The van der Waals surface area contributed by atoms with Crippen LogP contribution in [0, 0.1) is 0 Å². The number of rotatable bonds is 1. The first-order valence-corrected chi connectivity index (χ1v) is 2.63. The van der Waals surface area contributed by atoms with E-state index in [4.69, 9.17) is 7.85 Å². The predicted molar refractivity (Wildman–Crippen MR) is 29.3 cm³/mol. The summed E-state index contributed by atoms with van der Waals surface area (Å²) < 4.78 is 0. The van der Waals surface area contributed by atoms with E-state index in [1.165, 1.54) is 0 Å². The predicted octanol–water partition coefficient (Wildman–Crippen LogP) is 0.879. The van der Waals surface area contributed by atoms with Gasteiger partial charge in [0, 0.05) is 0 Å². The molecule has 0 nitrogen and oxygen atoms in total. The minimum atomic E-state index is 0.245. The number of hydrogen-bond acceptors (Lipinski definition) is 0. The third kappa shape index (κ3) is 4.23. The Balaban J connectivity index is 2.83. The van der Waals surface area contributed by atoms with Gasteiger partial charge in [-0.05, 0) is 5.56 Å². The maximum atomic E-state index is 5.22. The van der Waals surface area contributed by atoms with Gasteiger partial charge in [-0.2, -0.15) is 0 Å². The number of hydrogen-bond donors (Lipinski definition) is 0. The second-order valence-corrected chi connectivity index (χ2v) is 2.10. The molecule has 0 unspecified atom stereocenters. The molecule has 0 aliphatic carbocycles. The van der Waals surface area contributed by atoms with Gasteiger partial charge in [-0.3, -0.25) is 0 Å². The lowest BCUT2D eigenvalue weighted by Gasteiger charge is -1.83. The lowest BCUT2D eigenvalue weighted by atomic mass is 10.1. The van der Waals surface area contributed by atoms with Crippen molar-refractivity contribution in [3.8, 4) is 0 Å². The van der Waals surface area contributed by atoms with Crippen LogP contribution in [0.4, 0.5) is 0 Å². The molecular formula is C3H6BP. The molecule has 0 aliphatic rings. The zero-order chi connectivity index (χ0) is 4.28. The Kier molecular flexibility index (Phi) is 2.59. The highest BCUT2D eigenvalue weighted by Crippen LogP contribution is 1.95. The standard InChI is InChI=1S/C3H6BP/c1-3(4)5-2/h3H,2H2,1H3/t3-/m0/s1. The molecule has 26 valence electrons. The molecule has 0 aromatic carbocycles. The van der Waals surface area contributed by atoms with Crippen LogP contribution in [0.15, 0.2) is 0 Å². The van der Waals surface area contributed by atoms with Crippen LogP contribution in [-0.4, -0.2) is 19.7 Å². The summed E-state index contributed by atoms with van der Waals surface area (Å²) >= 11 is 0. The fraction of sp³-hybridized carbons (Fsp3) is 0.667. The van der Waals surface area contributed by atoms with E-state index in [1.807, 2.05) is 6.92 Å². The van der Waals surface area contributed by atoms with Crippen LogP contribution in [-0.2, 0) is 0 Å². The van der Waals surface area contributed by atoms with Crippen LogP contribution in [0.1, 0.15) is 6.92 Å². The molecule has 0 fully saturated rings.